The Morgan fingerprint density at radius 1 is 1.43 bits per heavy atom. The zero-order valence-corrected chi connectivity index (χ0v) is 10.7. The molecule has 6 heteroatoms. The molecule has 0 aromatic heterocycles. The molecule has 0 aromatic carbocycles. The Balaban J connectivity index is 3.97. The van der Waals surface area contributed by atoms with Crippen LogP contribution in [0.2, 0.25) is 0 Å². The van der Waals surface area contributed by atoms with E-state index in [1.807, 2.05) is 22.9 Å². The highest BCUT2D eigenvalue weighted by Crippen LogP contribution is 2.42. The molecule has 1 unspecified atom stereocenters. The van der Waals surface area contributed by atoms with Crippen molar-refractivity contribution >= 4 is 39.3 Å². The first-order valence-electron chi connectivity index (χ1n) is 4.01. The minimum absolute atomic E-state index is 0.481. The van der Waals surface area contributed by atoms with Crippen molar-refractivity contribution in [1.29, 1.82) is 0 Å². The third kappa shape index (κ3) is 5.51. The number of alkyl halides is 5. The van der Waals surface area contributed by atoms with E-state index in [-0.39, 0.29) is 0 Å². The van der Waals surface area contributed by atoms with Crippen LogP contribution in [0.5, 0.6) is 0 Å². The van der Waals surface area contributed by atoms with Gasteiger partial charge in [-0.15, -0.1) is 0 Å². The van der Waals surface area contributed by atoms with Crippen LogP contribution in [0.4, 0.5) is 13.2 Å². The Bertz CT molecular complexity index is 192. The molecule has 0 bridgehead atoms. The summed E-state index contributed by atoms with van der Waals surface area (Å²) in [5.74, 6) is 1.39. The molecule has 0 aliphatic rings. The minimum Gasteiger partial charge on any atom is -0.214 e. The number of hydrogen-bond donors (Lipinski definition) is 0. The lowest BCUT2D eigenvalue weighted by atomic mass is 10.3. The summed E-state index contributed by atoms with van der Waals surface area (Å²) < 4.78 is 37.8. The molecule has 84 valence electrons. The van der Waals surface area contributed by atoms with E-state index in [4.69, 9.17) is 11.6 Å². The van der Waals surface area contributed by atoms with Gasteiger partial charge in [-0.3, -0.25) is 0 Å². The third-order valence-corrected chi connectivity index (χ3v) is 3.56. The van der Waals surface area contributed by atoms with Gasteiger partial charge in [-0.1, -0.05) is 24.6 Å². The third-order valence-electron chi connectivity index (χ3n) is 1.27. The molecule has 0 N–H and O–H groups in total. The maximum absolute atomic E-state index is 13.0. The van der Waals surface area contributed by atoms with Crippen LogP contribution in [0.1, 0.15) is 13.3 Å². The molecule has 14 heavy (non-hydrogen) atoms. The summed E-state index contributed by atoms with van der Waals surface area (Å²) in [7, 11) is 0. The molecule has 0 saturated heterocycles. The molecule has 0 spiro atoms. The SMILES string of the molecule is CCCSCC=CC(F)(Cl)C(F)(F)Br. The lowest BCUT2D eigenvalue weighted by Crippen LogP contribution is -2.31. The van der Waals surface area contributed by atoms with Crippen molar-refractivity contribution in [2.45, 2.75) is 23.3 Å². The van der Waals surface area contributed by atoms with Crippen LogP contribution in [-0.2, 0) is 0 Å². The highest BCUT2D eigenvalue weighted by molar-refractivity contribution is 9.10. The first kappa shape index (κ1) is 14.6. The average Bonchev–Trinajstić information content (AvgIpc) is 2.02. The van der Waals surface area contributed by atoms with Crippen molar-refractivity contribution in [3.8, 4) is 0 Å². The quantitative estimate of drug-likeness (QED) is 0.393. The molecule has 0 aliphatic carbocycles. The Kier molecular flexibility index (Phi) is 6.57. The largest absolute Gasteiger partial charge is 0.352 e. The van der Waals surface area contributed by atoms with Gasteiger partial charge >= 0.3 is 4.83 Å². The zero-order chi connectivity index (χ0) is 11.2. The van der Waals surface area contributed by atoms with Gasteiger partial charge in [0, 0.05) is 5.75 Å². The van der Waals surface area contributed by atoms with Gasteiger partial charge < -0.3 is 0 Å². The molecular formula is C8H11BrClF3S. The first-order chi connectivity index (χ1) is 6.31. The van der Waals surface area contributed by atoms with Crippen LogP contribution < -0.4 is 0 Å². The molecule has 1 atom stereocenters. The first-order valence-corrected chi connectivity index (χ1v) is 6.34. The lowest BCUT2D eigenvalue weighted by Gasteiger charge is -2.18. The maximum Gasteiger partial charge on any atom is 0.352 e. The van der Waals surface area contributed by atoms with E-state index >= 15 is 0 Å². The smallest absolute Gasteiger partial charge is 0.214 e. The average molecular weight is 312 g/mol. The van der Waals surface area contributed by atoms with Gasteiger partial charge in [-0.2, -0.15) is 20.5 Å². The fourth-order valence-corrected chi connectivity index (χ4v) is 1.50. The molecule has 0 rings (SSSR count). The maximum atomic E-state index is 13.0. The fraction of sp³-hybridized carbons (Fsp3) is 0.750. The van der Waals surface area contributed by atoms with E-state index < -0.39 is 9.96 Å². The Morgan fingerprint density at radius 2 is 2.00 bits per heavy atom. The Hall–Kier alpha value is 0.650. The van der Waals surface area contributed by atoms with Crippen LogP contribution in [0.3, 0.4) is 0 Å². The predicted octanol–water partition coefficient (Wildman–Crippen LogP) is 4.58. The van der Waals surface area contributed by atoms with Crippen molar-refractivity contribution in [2.24, 2.45) is 0 Å². The molecule has 0 heterocycles. The van der Waals surface area contributed by atoms with E-state index in [0.717, 1.165) is 12.2 Å². The van der Waals surface area contributed by atoms with Gasteiger partial charge in [-0.25, -0.2) is 4.39 Å². The number of allylic oxidation sites excluding steroid dienone is 1. The number of halogens is 5. The van der Waals surface area contributed by atoms with Gasteiger partial charge in [0.25, 0.3) is 5.13 Å². The predicted molar refractivity (Wildman–Crippen MR) is 60.3 cm³/mol. The van der Waals surface area contributed by atoms with Crippen molar-refractivity contribution in [3.05, 3.63) is 12.2 Å². The van der Waals surface area contributed by atoms with Gasteiger partial charge in [0.1, 0.15) is 0 Å². The Morgan fingerprint density at radius 3 is 2.43 bits per heavy atom. The Labute approximate surface area is 99.4 Å². The highest BCUT2D eigenvalue weighted by Gasteiger charge is 2.49. The monoisotopic (exact) mass is 310 g/mol. The summed E-state index contributed by atoms with van der Waals surface area (Å²) in [5.41, 5.74) is 0. The molecule has 0 aliphatic heterocycles. The van der Waals surface area contributed by atoms with Crippen molar-refractivity contribution in [2.75, 3.05) is 11.5 Å². The molecule has 0 aromatic rings. The summed E-state index contributed by atoms with van der Waals surface area (Å²) in [5, 5.41) is -3.15. The highest BCUT2D eigenvalue weighted by atomic mass is 79.9. The summed E-state index contributed by atoms with van der Waals surface area (Å²) in [4.78, 5) is -3.74. The normalized spacial score (nSPS) is 17.3. The van der Waals surface area contributed by atoms with Gasteiger partial charge in [0.2, 0.25) is 0 Å². The van der Waals surface area contributed by atoms with Crippen LogP contribution in [0.25, 0.3) is 0 Å². The van der Waals surface area contributed by atoms with Crippen molar-refractivity contribution < 1.29 is 13.2 Å². The van der Waals surface area contributed by atoms with Crippen LogP contribution in [0, 0.1) is 0 Å². The minimum atomic E-state index is -3.74. The van der Waals surface area contributed by atoms with E-state index in [2.05, 4.69) is 0 Å². The van der Waals surface area contributed by atoms with Gasteiger partial charge in [0.05, 0.1) is 0 Å². The summed E-state index contributed by atoms with van der Waals surface area (Å²) in [6.07, 6.45) is 2.98. The van der Waals surface area contributed by atoms with Crippen molar-refractivity contribution in [3.63, 3.8) is 0 Å². The van der Waals surface area contributed by atoms with E-state index in [9.17, 15) is 13.2 Å². The second kappa shape index (κ2) is 6.28. The number of hydrogen-bond acceptors (Lipinski definition) is 1. The van der Waals surface area contributed by atoms with Gasteiger partial charge in [-0.05, 0) is 34.2 Å². The second-order valence-electron chi connectivity index (χ2n) is 2.60. The van der Waals surface area contributed by atoms with E-state index in [1.54, 1.807) is 0 Å². The number of thioether (sulfide) groups is 1. The lowest BCUT2D eigenvalue weighted by molar-refractivity contribution is 0.0218. The molecule has 0 nitrogen and oxygen atoms in total. The molecule has 0 fully saturated rings. The van der Waals surface area contributed by atoms with Gasteiger partial charge in [0.15, 0.2) is 0 Å². The summed E-state index contributed by atoms with van der Waals surface area (Å²) >= 11 is 8.38. The standard InChI is InChI=1S/C8H11BrClF3S/c1-2-5-14-6-3-4-7(10,11)8(9,12)13/h3-4H,2,5-6H2,1H3. The molecule has 0 amide bonds. The van der Waals surface area contributed by atoms with E-state index in [1.165, 1.54) is 17.8 Å². The van der Waals surface area contributed by atoms with Crippen LogP contribution in [-0.4, -0.2) is 21.5 Å². The zero-order valence-electron chi connectivity index (χ0n) is 7.57. The topological polar surface area (TPSA) is 0 Å². The fourth-order valence-electron chi connectivity index (χ4n) is 0.586. The molecule has 0 saturated carbocycles. The van der Waals surface area contributed by atoms with Crippen LogP contribution in [0.15, 0.2) is 12.2 Å². The van der Waals surface area contributed by atoms with Crippen LogP contribution >= 0.6 is 39.3 Å². The second-order valence-corrected chi connectivity index (χ2v) is 5.29. The summed E-state index contributed by atoms with van der Waals surface area (Å²) in [6.45, 7) is 2.00. The van der Waals surface area contributed by atoms with Crippen molar-refractivity contribution in [1.82, 2.24) is 0 Å². The number of rotatable bonds is 6. The molecule has 0 radical (unpaired) electrons. The molecular weight excluding hydrogens is 301 g/mol. The van der Waals surface area contributed by atoms with E-state index in [0.29, 0.717) is 11.8 Å². The summed E-state index contributed by atoms with van der Waals surface area (Å²) in [6, 6.07) is 0.